The molecule has 0 N–H and O–H groups in total. The van der Waals surface area contributed by atoms with E-state index in [-0.39, 0.29) is 5.91 Å². The van der Waals surface area contributed by atoms with Gasteiger partial charge in [0.2, 0.25) is 5.91 Å². The third-order valence-corrected chi connectivity index (χ3v) is 7.36. The number of carbonyl (C=O) groups is 1. The van der Waals surface area contributed by atoms with Crippen molar-refractivity contribution in [3.05, 3.63) is 54.1 Å². The number of thiazole rings is 1. The van der Waals surface area contributed by atoms with Crippen molar-refractivity contribution in [2.75, 3.05) is 36.8 Å². The number of likely N-dealkylation sites (N-methyl/N-ethyl adjacent to an activating group) is 1. The van der Waals surface area contributed by atoms with E-state index in [1.807, 2.05) is 22.7 Å². The Hall–Kier alpha value is -1.89. The van der Waals surface area contributed by atoms with Crippen LogP contribution < -0.4 is 4.90 Å². The Kier molecular flexibility index (Phi) is 8.73. The first-order valence-electron chi connectivity index (χ1n) is 10.7. The Balaban J connectivity index is 1.67. The summed E-state index contributed by atoms with van der Waals surface area (Å²) in [6.45, 7) is 9.94. The molecular weight excluding hydrogens is 410 g/mol. The molecule has 1 heterocycles. The minimum absolute atomic E-state index is 0.174. The van der Waals surface area contributed by atoms with E-state index >= 15 is 0 Å². The number of para-hydroxylation sites is 1. The van der Waals surface area contributed by atoms with Gasteiger partial charge in [-0.15, -0.1) is 11.8 Å². The lowest BCUT2D eigenvalue weighted by Crippen LogP contribution is -2.38. The number of aryl methyl sites for hydroxylation is 1. The Labute approximate surface area is 188 Å². The van der Waals surface area contributed by atoms with Crippen molar-refractivity contribution in [1.29, 1.82) is 0 Å². The van der Waals surface area contributed by atoms with Crippen molar-refractivity contribution in [3.63, 3.8) is 0 Å². The van der Waals surface area contributed by atoms with Gasteiger partial charge in [-0.1, -0.05) is 55.5 Å². The van der Waals surface area contributed by atoms with Gasteiger partial charge < -0.3 is 4.90 Å². The molecule has 0 bridgehead atoms. The van der Waals surface area contributed by atoms with Crippen LogP contribution in [0.2, 0.25) is 0 Å². The van der Waals surface area contributed by atoms with E-state index in [9.17, 15) is 4.79 Å². The summed E-state index contributed by atoms with van der Waals surface area (Å²) >= 11 is 3.43. The van der Waals surface area contributed by atoms with Crippen LogP contribution in [0.3, 0.4) is 0 Å². The van der Waals surface area contributed by atoms with Gasteiger partial charge in [0.25, 0.3) is 0 Å². The lowest BCUT2D eigenvalue weighted by atomic mass is 10.2. The maximum Gasteiger partial charge on any atom is 0.228 e. The normalized spacial score (nSPS) is 11.3. The number of benzene rings is 2. The molecule has 1 aromatic heterocycles. The van der Waals surface area contributed by atoms with Gasteiger partial charge in [-0.3, -0.25) is 9.69 Å². The van der Waals surface area contributed by atoms with Crippen LogP contribution in [-0.4, -0.2) is 47.7 Å². The highest BCUT2D eigenvalue weighted by Crippen LogP contribution is 2.31. The number of hydrogen-bond donors (Lipinski definition) is 0. The van der Waals surface area contributed by atoms with Gasteiger partial charge in [-0.25, -0.2) is 4.98 Å². The number of amides is 1. The zero-order chi connectivity index (χ0) is 21.3. The van der Waals surface area contributed by atoms with Crippen LogP contribution in [-0.2, 0) is 4.79 Å². The number of anilines is 1. The molecule has 0 aliphatic carbocycles. The van der Waals surface area contributed by atoms with Gasteiger partial charge in [0, 0.05) is 24.4 Å². The van der Waals surface area contributed by atoms with Crippen molar-refractivity contribution in [3.8, 4) is 0 Å². The van der Waals surface area contributed by atoms with Crippen molar-refractivity contribution in [2.45, 2.75) is 38.5 Å². The molecule has 0 aliphatic heterocycles. The zero-order valence-corrected chi connectivity index (χ0v) is 19.8. The van der Waals surface area contributed by atoms with Crippen molar-refractivity contribution in [2.24, 2.45) is 0 Å². The van der Waals surface area contributed by atoms with Crippen molar-refractivity contribution < 1.29 is 4.79 Å². The number of rotatable bonds is 11. The van der Waals surface area contributed by atoms with Crippen LogP contribution in [0.1, 0.15) is 32.3 Å². The van der Waals surface area contributed by atoms with Gasteiger partial charge >= 0.3 is 0 Å². The fraction of sp³-hybridized carbons (Fsp3) is 0.417. The third kappa shape index (κ3) is 6.06. The van der Waals surface area contributed by atoms with Crippen LogP contribution in [0.5, 0.6) is 0 Å². The average molecular weight is 442 g/mol. The second kappa shape index (κ2) is 11.5. The Morgan fingerprint density at radius 3 is 2.50 bits per heavy atom. The van der Waals surface area contributed by atoms with Crippen LogP contribution in [0, 0.1) is 6.92 Å². The first-order valence-corrected chi connectivity index (χ1v) is 12.5. The molecule has 0 atom stereocenters. The molecule has 2 aromatic carbocycles. The summed E-state index contributed by atoms with van der Waals surface area (Å²) < 4.78 is 1.14. The fourth-order valence-electron chi connectivity index (χ4n) is 3.36. The van der Waals surface area contributed by atoms with Crippen LogP contribution >= 0.6 is 23.1 Å². The molecule has 6 heteroatoms. The SMILES string of the molecule is CCN(CC)CCN(C(=O)CCCSc1ccccc1)c1nc2c(C)cccc2s1. The third-order valence-electron chi connectivity index (χ3n) is 5.22. The zero-order valence-electron chi connectivity index (χ0n) is 18.1. The average Bonchev–Trinajstić information content (AvgIpc) is 3.20. The Morgan fingerprint density at radius 1 is 1.03 bits per heavy atom. The number of nitrogens with zero attached hydrogens (tertiary/aromatic N) is 3. The minimum Gasteiger partial charge on any atom is -0.302 e. The summed E-state index contributed by atoms with van der Waals surface area (Å²) in [6, 6.07) is 16.6. The van der Waals surface area contributed by atoms with E-state index in [0.717, 1.165) is 52.7 Å². The number of fused-ring (bicyclic) bond motifs is 1. The second-order valence-corrected chi connectivity index (χ2v) is 9.43. The number of aromatic nitrogens is 1. The fourth-order valence-corrected chi connectivity index (χ4v) is 5.32. The molecule has 0 spiro atoms. The molecule has 0 saturated carbocycles. The minimum atomic E-state index is 0.174. The monoisotopic (exact) mass is 441 g/mol. The van der Waals surface area contributed by atoms with Crippen molar-refractivity contribution in [1.82, 2.24) is 9.88 Å². The van der Waals surface area contributed by atoms with Gasteiger partial charge in [0.05, 0.1) is 10.2 Å². The predicted molar refractivity (Wildman–Crippen MR) is 131 cm³/mol. The molecule has 1 amide bonds. The molecule has 0 saturated heterocycles. The molecule has 4 nitrogen and oxygen atoms in total. The predicted octanol–water partition coefficient (Wildman–Crippen LogP) is 5.85. The molecule has 3 aromatic rings. The van der Waals surface area contributed by atoms with E-state index in [0.29, 0.717) is 13.0 Å². The summed E-state index contributed by atoms with van der Waals surface area (Å²) in [4.78, 5) is 23.5. The quantitative estimate of drug-likeness (QED) is 0.276. The Bertz CT molecular complexity index is 938. The molecule has 0 unspecified atom stereocenters. The highest BCUT2D eigenvalue weighted by molar-refractivity contribution is 7.99. The number of hydrogen-bond acceptors (Lipinski definition) is 5. The highest BCUT2D eigenvalue weighted by atomic mass is 32.2. The summed E-state index contributed by atoms with van der Waals surface area (Å²) in [5.74, 6) is 1.12. The van der Waals surface area contributed by atoms with Crippen molar-refractivity contribution >= 4 is 44.4 Å². The van der Waals surface area contributed by atoms with Crippen LogP contribution in [0.15, 0.2) is 53.4 Å². The molecule has 3 rings (SSSR count). The maximum absolute atomic E-state index is 13.2. The molecule has 30 heavy (non-hydrogen) atoms. The first kappa shape index (κ1) is 22.8. The smallest absolute Gasteiger partial charge is 0.228 e. The van der Waals surface area contributed by atoms with Gasteiger partial charge in [-0.05, 0) is 55.9 Å². The highest BCUT2D eigenvalue weighted by Gasteiger charge is 2.20. The summed E-state index contributed by atoms with van der Waals surface area (Å²) in [5, 5.41) is 0.826. The largest absolute Gasteiger partial charge is 0.302 e. The molecule has 160 valence electrons. The van der Waals surface area contributed by atoms with E-state index < -0.39 is 0 Å². The molecule has 0 fully saturated rings. The first-order chi connectivity index (χ1) is 14.6. The number of carbonyl (C=O) groups excluding carboxylic acids is 1. The molecule has 0 radical (unpaired) electrons. The van der Waals surface area contributed by atoms with E-state index in [4.69, 9.17) is 4.98 Å². The van der Waals surface area contributed by atoms with Crippen LogP contribution in [0.25, 0.3) is 10.2 Å². The van der Waals surface area contributed by atoms with Crippen LogP contribution in [0.4, 0.5) is 5.13 Å². The van der Waals surface area contributed by atoms with E-state index in [1.165, 1.54) is 4.90 Å². The standard InChI is InChI=1S/C24H31N3OS2/c1-4-26(5-2)16-17-27(24-25-23-19(3)11-9-14-21(23)30-24)22(28)15-10-18-29-20-12-7-6-8-13-20/h6-9,11-14H,4-5,10,15-18H2,1-3H3. The Morgan fingerprint density at radius 2 is 1.80 bits per heavy atom. The van der Waals surface area contributed by atoms with E-state index in [1.54, 1.807) is 11.3 Å². The topological polar surface area (TPSA) is 36.4 Å². The second-order valence-electron chi connectivity index (χ2n) is 7.26. The van der Waals surface area contributed by atoms with E-state index in [2.05, 4.69) is 68.1 Å². The summed E-state index contributed by atoms with van der Waals surface area (Å²) in [5.41, 5.74) is 2.17. The molecule has 0 aliphatic rings. The molecular formula is C24H31N3OS2. The maximum atomic E-state index is 13.2. The lowest BCUT2D eigenvalue weighted by Gasteiger charge is -2.24. The summed E-state index contributed by atoms with van der Waals surface area (Å²) in [7, 11) is 0. The number of thioether (sulfide) groups is 1. The summed E-state index contributed by atoms with van der Waals surface area (Å²) in [6.07, 6.45) is 1.41. The lowest BCUT2D eigenvalue weighted by molar-refractivity contribution is -0.118. The van der Waals surface area contributed by atoms with Gasteiger partial charge in [0.15, 0.2) is 5.13 Å². The van der Waals surface area contributed by atoms with Gasteiger partial charge in [-0.2, -0.15) is 0 Å². The van der Waals surface area contributed by atoms with Gasteiger partial charge in [0.1, 0.15) is 0 Å².